The molecule has 5 fully saturated rings. The van der Waals surface area contributed by atoms with E-state index in [-0.39, 0.29) is 55.2 Å². The van der Waals surface area contributed by atoms with E-state index in [1.165, 1.54) is 7.11 Å². The maximum Gasteiger partial charge on any atom is 0.331 e. The Morgan fingerprint density at radius 2 is 1.95 bits per heavy atom. The van der Waals surface area contributed by atoms with Gasteiger partial charge >= 0.3 is 5.97 Å². The highest BCUT2D eigenvalue weighted by Crippen LogP contribution is 2.69. The zero-order valence-corrected chi connectivity index (χ0v) is 26.5. The van der Waals surface area contributed by atoms with Crippen molar-refractivity contribution < 1.29 is 47.9 Å². The van der Waals surface area contributed by atoms with Gasteiger partial charge in [0.15, 0.2) is 29.7 Å². The van der Waals surface area contributed by atoms with E-state index in [9.17, 15) is 19.5 Å². The van der Waals surface area contributed by atoms with Crippen molar-refractivity contribution in [2.24, 2.45) is 28.6 Å². The summed E-state index contributed by atoms with van der Waals surface area (Å²) in [5.74, 6) is -0.372. The van der Waals surface area contributed by atoms with Gasteiger partial charge in [0.05, 0.1) is 32.0 Å². The van der Waals surface area contributed by atoms with Gasteiger partial charge in [0.25, 0.3) is 0 Å². The number of ketones is 2. The third-order valence-corrected chi connectivity index (χ3v) is 11.7. The van der Waals surface area contributed by atoms with Crippen LogP contribution in [-0.4, -0.2) is 86.1 Å². The topological polar surface area (TPSA) is 127 Å². The van der Waals surface area contributed by atoms with Gasteiger partial charge in [-0.25, -0.2) is 4.79 Å². The summed E-state index contributed by atoms with van der Waals surface area (Å²) in [4.78, 5) is 38.0. The first kappa shape index (κ1) is 32.0. The van der Waals surface area contributed by atoms with Gasteiger partial charge in [-0.3, -0.25) is 9.59 Å². The van der Waals surface area contributed by atoms with Crippen LogP contribution < -0.4 is 0 Å². The van der Waals surface area contributed by atoms with E-state index < -0.39 is 47.2 Å². The van der Waals surface area contributed by atoms with Gasteiger partial charge in [-0.1, -0.05) is 38.8 Å². The van der Waals surface area contributed by atoms with Crippen LogP contribution in [0.5, 0.6) is 0 Å². The predicted octanol–water partition coefficient (Wildman–Crippen LogP) is 3.83. The Labute approximate surface area is 259 Å². The van der Waals surface area contributed by atoms with E-state index >= 15 is 0 Å². The first-order chi connectivity index (χ1) is 21.1. The van der Waals surface area contributed by atoms with Gasteiger partial charge in [-0.05, 0) is 75.4 Å². The number of aliphatic hydroxyl groups is 1. The monoisotopic (exact) mass is 616 g/mol. The third-order valence-electron chi connectivity index (χ3n) is 11.7. The molecular formula is C34H48O10. The number of methoxy groups -OCH3 is 1. The molecule has 0 radical (unpaired) electrons. The first-order valence-corrected chi connectivity index (χ1v) is 16.5. The Morgan fingerprint density at radius 1 is 1.14 bits per heavy atom. The Balaban J connectivity index is 1.20. The first-order valence-electron chi connectivity index (χ1n) is 16.5. The number of aliphatic hydroxyl groups excluding tert-OH is 1. The maximum absolute atomic E-state index is 14.5. The second kappa shape index (κ2) is 12.3. The number of rotatable bonds is 10. The Hall–Kier alpha value is -1.95. The molecule has 6 rings (SSSR count). The van der Waals surface area contributed by atoms with Gasteiger partial charge in [-0.15, -0.1) is 0 Å². The number of carbonyl (C=O) groups excluding carboxylic acids is 3. The molecule has 3 saturated carbocycles. The van der Waals surface area contributed by atoms with Crippen LogP contribution in [0.3, 0.4) is 0 Å². The molecule has 11 unspecified atom stereocenters. The van der Waals surface area contributed by atoms with E-state index in [4.69, 9.17) is 23.7 Å². The molecule has 4 aliphatic carbocycles. The number of allylic oxidation sites excluding steroid dienone is 4. The normalized spacial score (nSPS) is 44.3. The van der Waals surface area contributed by atoms with Crippen molar-refractivity contribution >= 4 is 17.5 Å². The lowest BCUT2D eigenvalue weighted by atomic mass is 9.46. The van der Waals surface area contributed by atoms with E-state index in [0.717, 1.165) is 37.7 Å². The number of carbonyl (C=O) groups is 3. The van der Waals surface area contributed by atoms with Crippen molar-refractivity contribution in [2.75, 3.05) is 26.9 Å². The second-order valence-electron chi connectivity index (χ2n) is 14.1. The quantitative estimate of drug-likeness (QED) is 0.362. The van der Waals surface area contributed by atoms with Crippen LogP contribution in [-0.2, 0) is 42.8 Å². The molecule has 10 heteroatoms. The number of hydrogen-bond donors (Lipinski definition) is 1. The molecule has 10 nitrogen and oxygen atoms in total. The van der Waals surface area contributed by atoms with Crippen molar-refractivity contribution in [3.63, 3.8) is 0 Å². The molecule has 0 spiro atoms. The number of esters is 1. The largest absolute Gasteiger partial charge is 0.467 e. The second-order valence-corrected chi connectivity index (χ2v) is 14.1. The summed E-state index contributed by atoms with van der Waals surface area (Å²) in [5, 5.41) is 11.9. The number of fused-ring (bicyclic) bond motifs is 7. The molecule has 1 N–H and O–H groups in total. The summed E-state index contributed by atoms with van der Waals surface area (Å²) in [6.45, 7) is 6.26. The number of hydrogen-bond acceptors (Lipinski definition) is 10. The summed E-state index contributed by atoms with van der Waals surface area (Å²) < 4.78 is 35.5. The van der Waals surface area contributed by atoms with E-state index in [0.29, 0.717) is 25.7 Å². The molecular weight excluding hydrogens is 568 g/mol. The average Bonchev–Trinajstić information content (AvgIpc) is 3.48. The number of Topliss-reactive ketones (excluding diaryl/α,β-unsaturated/α-hetero) is 1. The lowest BCUT2D eigenvalue weighted by Crippen LogP contribution is -2.63. The van der Waals surface area contributed by atoms with Crippen molar-refractivity contribution in [3.8, 4) is 0 Å². The van der Waals surface area contributed by atoms with Crippen molar-refractivity contribution in [3.05, 3.63) is 23.8 Å². The lowest BCUT2D eigenvalue weighted by Gasteiger charge is -2.59. The zero-order chi connectivity index (χ0) is 31.3. The minimum Gasteiger partial charge on any atom is -0.467 e. The summed E-state index contributed by atoms with van der Waals surface area (Å²) >= 11 is 0. The van der Waals surface area contributed by atoms with Gasteiger partial charge in [0.1, 0.15) is 13.2 Å². The zero-order valence-electron chi connectivity index (χ0n) is 26.5. The minimum absolute atomic E-state index is 0.0109. The van der Waals surface area contributed by atoms with E-state index in [2.05, 4.69) is 25.5 Å². The molecule has 11 atom stereocenters. The minimum atomic E-state index is -1.23. The molecule has 0 bridgehead atoms. The van der Waals surface area contributed by atoms with Crippen LogP contribution in [0.4, 0.5) is 0 Å². The van der Waals surface area contributed by atoms with Crippen LogP contribution >= 0.6 is 0 Å². The molecule has 244 valence electrons. The fraction of sp³-hybridized carbons (Fsp3) is 0.794. The Bertz CT molecular complexity index is 1200. The molecule has 44 heavy (non-hydrogen) atoms. The molecule has 6 aliphatic rings. The van der Waals surface area contributed by atoms with Gasteiger partial charge in [-0.2, -0.15) is 0 Å². The van der Waals surface area contributed by atoms with Gasteiger partial charge in [0, 0.05) is 16.7 Å². The van der Waals surface area contributed by atoms with Crippen LogP contribution in [0.25, 0.3) is 0 Å². The van der Waals surface area contributed by atoms with Crippen molar-refractivity contribution in [1.82, 2.24) is 0 Å². The fourth-order valence-corrected chi connectivity index (χ4v) is 9.72. The highest BCUT2D eigenvalue weighted by molar-refractivity contribution is 6.01. The number of ether oxygens (including phenoxy) is 6. The molecule has 0 amide bonds. The molecule has 0 aromatic heterocycles. The lowest BCUT2D eigenvalue weighted by molar-refractivity contribution is -0.220. The molecule has 0 aromatic carbocycles. The summed E-state index contributed by atoms with van der Waals surface area (Å²) in [5.41, 5.74) is -1.16. The molecule has 2 aliphatic heterocycles. The smallest absolute Gasteiger partial charge is 0.331 e. The Morgan fingerprint density at radius 3 is 2.73 bits per heavy atom. The highest BCUT2D eigenvalue weighted by atomic mass is 16.7. The molecule has 2 saturated heterocycles. The van der Waals surface area contributed by atoms with E-state index in [1.54, 1.807) is 12.2 Å². The molecule has 2 heterocycles. The van der Waals surface area contributed by atoms with Crippen LogP contribution in [0, 0.1) is 28.6 Å². The maximum atomic E-state index is 14.5. The summed E-state index contributed by atoms with van der Waals surface area (Å²) in [7, 11) is 1.32. The fourth-order valence-electron chi connectivity index (χ4n) is 9.72. The van der Waals surface area contributed by atoms with Crippen LogP contribution in [0.1, 0.15) is 78.6 Å². The Kier molecular flexibility index (Phi) is 8.98. The summed E-state index contributed by atoms with van der Waals surface area (Å²) in [6.07, 6.45) is 9.59. The van der Waals surface area contributed by atoms with Crippen LogP contribution in [0.2, 0.25) is 0 Å². The SMILES string of the molecule is CCCC1OC2CC3C4CCC5=CC(=O)C=CC5(C)C4C(O)CC3(C)C2(C(=O)COC2CCCC(COCC(=O)OC)O2)O1. The summed E-state index contributed by atoms with van der Waals surface area (Å²) in [6, 6.07) is 0. The van der Waals surface area contributed by atoms with Crippen LogP contribution in [0.15, 0.2) is 23.8 Å². The average molecular weight is 617 g/mol. The predicted molar refractivity (Wildman–Crippen MR) is 157 cm³/mol. The highest BCUT2D eigenvalue weighted by Gasteiger charge is 2.75. The standard InChI is InChI=1S/C34H48O10/c1-5-7-30-43-27-15-24-23-11-10-20-14-21(35)12-13-32(20,2)31(23)25(36)16-33(24,3)34(27,44-30)26(37)18-41-29-9-6-8-22(42-29)17-40-19-28(38)39-4/h12-14,22-25,27,29-31,36H,5-11,15-19H2,1-4H3. The van der Waals surface area contributed by atoms with Gasteiger partial charge in [0.2, 0.25) is 0 Å². The van der Waals surface area contributed by atoms with E-state index in [1.807, 2.05) is 6.08 Å². The third kappa shape index (κ3) is 5.23. The van der Waals surface area contributed by atoms with Gasteiger partial charge < -0.3 is 33.5 Å². The van der Waals surface area contributed by atoms with Crippen molar-refractivity contribution in [2.45, 2.75) is 115 Å². The van der Waals surface area contributed by atoms with Crippen molar-refractivity contribution in [1.29, 1.82) is 0 Å². The molecule has 0 aromatic rings.